The molecule has 3 nitrogen and oxygen atoms in total. The van der Waals surface area contributed by atoms with Gasteiger partial charge in [-0.25, -0.2) is 4.98 Å². The number of aromatic nitrogens is 2. The predicted molar refractivity (Wildman–Crippen MR) is 63.6 cm³/mol. The molecule has 0 bridgehead atoms. The molecule has 0 radical (unpaired) electrons. The summed E-state index contributed by atoms with van der Waals surface area (Å²) in [5.74, 6) is 2.38. The highest BCUT2D eigenvalue weighted by Crippen LogP contribution is 2.26. The molecular weight excluding hydrogens is 186 g/mol. The van der Waals surface area contributed by atoms with Crippen molar-refractivity contribution in [1.82, 2.24) is 14.9 Å². The molecule has 0 saturated heterocycles. The summed E-state index contributed by atoms with van der Waals surface area (Å²) in [6, 6.07) is 0.356. The van der Waals surface area contributed by atoms with E-state index in [1.807, 2.05) is 12.4 Å². The Morgan fingerprint density at radius 1 is 1.40 bits per heavy atom. The van der Waals surface area contributed by atoms with Crippen LogP contribution >= 0.6 is 0 Å². The normalized spacial score (nSPS) is 15.6. The Bertz CT molecular complexity index is 291. The van der Waals surface area contributed by atoms with Gasteiger partial charge in [-0.05, 0) is 18.4 Å². The second kappa shape index (κ2) is 5.31. The van der Waals surface area contributed by atoms with Gasteiger partial charge in [-0.3, -0.25) is 0 Å². The van der Waals surface area contributed by atoms with Crippen molar-refractivity contribution < 1.29 is 0 Å². The van der Waals surface area contributed by atoms with Crippen molar-refractivity contribution in [3.05, 3.63) is 18.2 Å². The van der Waals surface area contributed by atoms with Crippen LogP contribution in [0.4, 0.5) is 0 Å². The van der Waals surface area contributed by atoms with Crippen molar-refractivity contribution in [2.24, 2.45) is 18.9 Å². The van der Waals surface area contributed by atoms with Gasteiger partial charge in [0, 0.05) is 19.4 Å². The van der Waals surface area contributed by atoms with Crippen LogP contribution in [0.2, 0.25) is 0 Å². The Hall–Kier alpha value is -0.830. The fourth-order valence-electron chi connectivity index (χ4n) is 1.79. The first-order chi connectivity index (χ1) is 7.07. The zero-order chi connectivity index (χ0) is 11.4. The monoisotopic (exact) mass is 209 g/mol. The summed E-state index contributed by atoms with van der Waals surface area (Å²) in [6.07, 6.45) is 3.87. The molecule has 0 spiro atoms. The van der Waals surface area contributed by atoms with E-state index in [9.17, 15) is 0 Å². The Labute approximate surface area is 92.9 Å². The summed E-state index contributed by atoms with van der Waals surface area (Å²) >= 11 is 0. The molecule has 15 heavy (non-hydrogen) atoms. The molecule has 1 aromatic rings. The minimum absolute atomic E-state index is 0.356. The molecule has 1 rings (SSSR count). The molecule has 0 aliphatic rings. The Morgan fingerprint density at radius 3 is 2.47 bits per heavy atom. The molecule has 0 aliphatic heterocycles. The molecule has 2 unspecified atom stereocenters. The van der Waals surface area contributed by atoms with E-state index in [-0.39, 0.29) is 0 Å². The summed E-state index contributed by atoms with van der Waals surface area (Å²) in [7, 11) is 2.06. The van der Waals surface area contributed by atoms with E-state index < -0.39 is 0 Å². The van der Waals surface area contributed by atoms with Gasteiger partial charge in [-0.1, -0.05) is 27.7 Å². The van der Waals surface area contributed by atoms with E-state index in [1.54, 1.807) is 0 Å². The SMILES string of the molecule is CCNC(c1nccn1C)C(C)C(C)C. The van der Waals surface area contributed by atoms with Gasteiger partial charge < -0.3 is 9.88 Å². The molecule has 2 atom stereocenters. The largest absolute Gasteiger partial charge is 0.337 e. The number of hydrogen-bond acceptors (Lipinski definition) is 2. The smallest absolute Gasteiger partial charge is 0.125 e. The molecular formula is C12H23N3. The van der Waals surface area contributed by atoms with Crippen LogP contribution in [0, 0.1) is 11.8 Å². The van der Waals surface area contributed by atoms with E-state index in [0.29, 0.717) is 17.9 Å². The molecule has 86 valence electrons. The Morgan fingerprint density at radius 2 is 2.07 bits per heavy atom. The second-order valence-corrected chi connectivity index (χ2v) is 4.53. The lowest BCUT2D eigenvalue weighted by Gasteiger charge is -2.27. The highest BCUT2D eigenvalue weighted by molar-refractivity contribution is 5.00. The summed E-state index contributed by atoms with van der Waals surface area (Å²) < 4.78 is 2.10. The third kappa shape index (κ3) is 2.81. The van der Waals surface area contributed by atoms with Gasteiger partial charge in [0.15, 0.2) is 0 Å². The first-order valence-electron chi connectivity index (χ1n) is 5.78. The van der Waals surface area contributed by atoms with Gasteiger partial charge in [0.2, 0.25) is 0 Å². The maximum atomic E-state index is 4.44. The highest BCUT2D eigenvalue weighted by Gasteiger charge is 2.23. The first kappa shape index (κ1) is 12.2. The average Bonchev–Trinajstić information content (AvgIpc) is 2.59. The Balaban J connectivity index is 2.87. The molecule has 0 fully saturated rings. The number of nitrogens with one attached hydrogen (secondary N) is 1. The van der Waals surface area contributed by atoms with Gasteiger partial charge in [-0.2, -0.15) is 0 Å². The van der Waals surface area contributed by atoms with Crippen LogP contribution in [0.25, 0.3) is 0 Å². The molecule has 0 aliphatic carbocycles. The minimum Gasteiger partial charge on any atom is -0.337 e. The molecule has 0 aromatic carbocycles. The Kier molecular flexibility index (Phi) is 4.33. The quantitative estimate of drug-likeness (QED) is 0.807. The van der Waals surface area contributed by atoms with E-state index >= 15 is 0 Å². The highest BCUT2D eigenvalue weighted by atomic mass is 15.1. The molecule has 1 heterocycles. The predicted octanol–water partition coefficient (Wildman–Crippen LogP) is 2.36. The lowest BCUT2D eigenvalue weighted by atomic mass is 9.89. The van der Waals surface area contributed by atoms with Crippen molar-refractivity contribution >= 4 is 0 Å². The lowest BCUT2D eigenvalue weighted by molar-refractivity contribution is 0.293. The van der Waals surface area contributed by atoms with Crippen LogP contribution in [-0.4, -0.2) is 16.1 Å². The topological polar surface area (TPSA) is 29.9 Å². The average molecular weight is 209 g/mol. The van der Waals surface area contributed by atoms with Crippen LogP contribution < -0.4 is 5.32 Å². The first-order valence-corrected chi connectivity index (χ1v) is 5.78. The zero-order valence-corrected chi connectivity index (χ0v) is 10.5. The van der Waals surface area contributed by atoms with Gasteiger partial charge in [0.05, 0.1) is 6.04 Å². The van der Waals surface area contributed by atoms with Crippen molar-refractivity contribution in [1.29, 1.82) is 0 Å². The number of imidazole rings is 1. The maximum absolute atomic E-state index is 4.44. The fourth-order valence-corrected chi connectivity index (χ4v) is 1.79. The molecule has 3 heteroatoms. The molecule has 0 amide bonds. The van der Waals surface area contributed by atoms with Crippen LogP contribution in [0.1, 0.15) is 39.6 Å². The van der Waals surface area contributed by atoms with Crippen LogP contribution in [0.5, 0.6) is 0 Å². The molecule has 1 N–H and O–H groups in total. The van der Waals surface area contributed by atoms with Crippen LogP contribution in [0.3, 0.4) is 0 Å². The van der Waals surface area contributed by atoms with Crippen molar-refractivity contribution in [2.75, 3.05) is 6.54 Å². The van der Waals surface area contributed by atoms with Gasteiger partial charge in [0.25, 0.3) is 0 Å². The number of hydrogen-bond donors (Lipinski definition) is 1. The van der Waals surface area contributed by atoms with Crippen molar-refractivity contribution in [2.45, 2.75) is 33.7 Å². The summed E-state index contributed by atoms with van der Waals surface area (Å²) in [6.45, 7) is 9.93. The van der Waals surface area contributed by atoms with E-state index in [4.69, 9.17) is 0 Å². The second-order valence-electron chi connectivity index (χ2n) is 4.53. The summed E-state index contributed by atoms with van der Waals surface area (Å²) in [5, 5.41) is 3.52. The van der Waals surface area contributed by atoms with E-state index in [2.05, 4.69) is 49.6 Å². The molecule has 1 aromatic heterocycles. The fraction of sp³-hybridized carbons (Fsp3) is 0.750. The van der Waals surface area contributed by atoms with E-state index in [0.717, 1.165) is 12.4 Å². The van der Waals surface area contributed by atoms with Gasteiger partial charge >= 0.3 is 0 Å². The van der Waals surface area contributed by atoms with Crippen molar-refractivity contribution in [3.8, 4) is 0 Å². The summed E-state index contributed by atoms with van der Waals surface area (Å²) in [5.41, 5.74) is 0. The van der Waals surface area contributed by atoms with E-state index in [1.165, 1.54) is 0 Å². The number of nitrogens with zero attached hydrogens (tertiary/aromatic N) is 2. The van der Waals surface area contributed by atoms with Crippen LogP contribution in [0.15, 0.2) is 12.4 Å². The standard InChI is InChI=1S/C12H23N3/c1-6-13-11(10(4)9(2)3)12-14-7-8-15(12)5/h7-11,13H,6H2,1-5H3. The maximum Gasteiger partial charge on any atom is 0.125 e. The zero-order valence-electron chi connectivity index (χ0n) is 10.5. The van der Waals surface area contributed by atoms with Gasteiger partial charge in [-0.15, -0.1) is 0 Å². The lowest BCUT2D eigenvalue weighted by Crippen LogP contribution is -2.31. The van der Waals surface area contributed by atoms with Crippen LogP contribution in [-0.2, 0) is 7.05 Å². The third-order valence-corrected chi connectivity index (χ3v) is 3.14. The molecule has 0 saturated carbocycles. The minimum atomic E-state index is 0.356. The summed E-state index contributed by atoms with van der Waals surface area (Å²) in [4.78, 5) is 4.44. The third-order valence-electron chi connectivity index (χ3n) is 3.14. The van der Waals surface area contributed by atoms with Gasteiger partial charge in [0.1, 0.15) is 5.82 Å². The number of rotatable bonds is 5. The number of aryl methyl sites for hydroxylation is 1. The van der Waals surface area contributed by atoms with Crippen molar-refractivity contribution in [3.63, 3.8) is 0 Å².